The van der Waals surface area contributed by atoms with E-state index in [0.29, 0.717) is 22.3 Å². The zero-order valence-electron chi connectivity index (χ0n) is 17.3. The summed E-state index contributed by atoms with van der Waals surface area (Å²) in [6.45, 7) is 4.17. The number of nitrogens with zero attached hydrogens (tertiary/aromatic N) is 2. The third-order valence-electron chi connectivity index (χ3n) is 5.98. The topological polar surface area (TPSA) is 65.5 Å². The van der Waals surface area contributed by atoms with Gasteiger partial charge in [-0.3, -0.25) is 0 Å². The largest absolute Gasteiger partial charge is 0.478 e. The van der Waals surface area contributed by atoms with Crippen molar-refractivity contribution < 1.29 is 9.90 Å². The summed E-state index contributed by atoms with van der Waals surface area (Å²) in [6.07, 6.45) is 4.73. The number of hydrogen-bond acceptors (Lipinski definition) is 4. The van der Waals surface area contributed by atoms with Crippen molar-refractivity contribution in [3.05, 3.63) is 71.8 Å². The van der Waals surface area contributed by atoms with E-state index < -0.39 is 5.97 Å². The first kappa shape index (κ1) is 20.4. The van der Waals surface area contributed by atoms with Crippen molar-refractivity contribution in [3.8, 4) is 0 Å². The van der Waals surface area contributed by atoms with Crippen molar-refractivity contribution in [1.29, 1.82) is 0 Å². The molecule has 0 amide bonds. The SMILES string of the molecule is O=C(O)c1cc(NCCCN2CCC(Cc3ccccc3)CC2)nc2ccccc12. The molecule has 1 fully saturated rings. The van der Waals surface area contributed by atoms with E-state index in [0.717, 1.165) is 38.5 Å². The van der Waals surface area contributed by atoms with Crippen LogP contribution in [0.5, 0.6) is 0 Å². The van der Waals surface area contributed by atoms with E-state index in [1.165, 1.54) is 24.8 Å². The fourth-order valence-electron chi connectivity index (χ4n) is 4.32. The Balaban J connectivity index is 1.23. The normalized spacial score (nSPS) is 15.3. The second kappa shape index (κ2) is 9.72. The number of benzene rings is 2. The summed E-state index contributed by atoms with van der Waals surface area (Å²) >= 11 is 0. The highest BCUT2D eigenvalue weighted by Crippen LogP contribution is 2.22. The summed E-state index contributed by atoms with van der Waals surface area (Å²) in [5, 5.41) is 13.5. The van der Waals surface area contributed by atoms with Gasteiger partial charge in [-0.15, -0.1) is 0 Å². The first-order chi connectivity index (χ1) is 14.7. The Morgan fingerprint density at radius 2 is 1.80 bits per heavy atom. The Bertz CT molecular complexity index is 982. The minimum atomic E-state index is -0.921. The minimum absolute atomic E-state index is 0.295. The first-order valence-corrected chi connectivity index (χ1v) is 10.8. The van der Waals surface area contributed by atoms with E-state index in [1.807, 2.05) is 18.2 Å². The highest BCUT2D eigenvalue weighted by atomic mass is 16.4. The molecule has 2 heterocycles. The number of carboxylic acid groups (broad SMARTS) is 1. The number of rotatable bonds is 8. The smallest absolute Gasteiger partial charge is 0.336 e. The van der Waals surface area contributed by atoms with Crippen LogP contribution in [0.3, 0.4) is 0 Å². The standard InChI is InChI=1S/C25H29N3O2/c29-25(30)22-18-24(27-23-10-5-4-9-21(22)23)26-13-6-14-28-15-11-20(12-16-28)17-19-7-2-1-3-8-19/h1-5,7-10,18,20H,6,11-17H2,(H,26,27)(H,29,30). The molecule has 5 nitrogen and oxygen atoms in total. The van der Waals surface area contributed by atoms with Crippen LogP contribution in [-0.2, 0) is 6.42 Å². The number of carbonyl (C=O) groups is 1. The van der Waals surface area contributed by atoms with Gasteiger partial charge in [-0.05, 0) is 68.9 Å². The average molecular weight is 404 g/mol. The molecule has 1 aliphatic rings. The van der Waals surface area contributed by atoms with Crippen LogP contribution in [-0.4, -0.2) is 47.1 Å². The predicted molar refractivity (Wildman–Crippen MR) is 121 cm³/mol. The molecule has 4 rings (SSSR count). The molecule has 3 aromatic rings. The lowest BCUT2D eigenvalue weighted by atomic mass is 9.90. The maximum absolute atomic E-state index is 11.6. The van der Waals surface area contributed by atoms with Crippen LogP contribution < -0.4 is 5.32 Å². The van der Waals surface area contributed by atoms with Crippen molar-refractivity contribution in [2.75, 3.05) is 31.5 Å². The molecular weight excluding hydrogens is 374 g/mol. The molecule has 1 aromatic heterocycles. The van der Waals surface area contributed by atoms with Crippen LogP contribution >= 0.6 is 0 Å². The zero-order valence-corrected chi connectivity index (χ0v) is 17.3. The monoisotopic (exact) mass is 403 g/mol. The molecule has 0 unspecified atom stereocenters. The van der Waals surface area contributed by atoms with Gasteiger partial charge >= 0.3 is 5.97 Å². The third kappa shape index (κ3) is 5.16. The lowest BCUT2D eigenvalue weighted by Gasteiger charge is -2.32. The number of aromatic nitrogens is 1. The molecule has 0 saturated carbocycles. The quantitative estimate of drug-likeness (QED) is 0.534. The molecular formula is C25H29N3O2. The van der Waals surface area contributed by atoms with Crippen LogP contribution in [0.25, 0.3) is 10.9 Å². The van der Waals surface area contributed by atoms with Gasteiger partial charge in [0, 0.05) is 11.9 Å². The number of piperidine rings is 1. The summed E-state index contributed by atoms with van der Waals surface area (Å²) in [4.78, 5) is 18.7. The molecule has 1 saturated heterocycles. The molecule has 5 heteroatoms. The number of pyridine rings is 1. The van der Waals surface area contributed by atoms with Crippen LogP contribution in [0.2, 0.25) is 0 Å². The summed E-state index contributed by atoms with van der Waals surface area (Å²) in [5.41, 5.74) is 2.45. The molecule has 1 aliphatic heterocycles. The van der Waals surface area contributed by atoms with Crippen molar-refractivity contribution in [3.63, 3.8) is 0 Å². The van der Waals surface area contributed by atoms with Gasteiger partial charge in [-0.2, -0.15) is 0 Å². The van der Waals surface area contributed by atoms with E-state index in [1.54, 1.807) is 12.1 Å². The summed E-state index contributed by atoms with van der Waals surface area (Å²) < 4.78 is 0. The molecule has 0 radical (unpaired) electrons. The van der Waals surface area contributed by atoms with Crippen molar-refractivity contribution in [1.82, 2.24) is 9.88 Å². The average Bonchev–Trinajstić information content (AvgIpc) is 2.78. The molecule has 0 atom stereocenters. The summed E-state index contributed by atoms with van der Waals surface area (Å²) in [5.74, 6) is 0.501. The third-order valence-corrected chi connectivity index (χ3v) is 5.98. The van der Waals surface area contributed by atoms with Crippen LogP contribution in [0, 0.1) is 5.92 Å². The molecule has 2 aromatic carbocycles. The van der Waals surface area contributed by atoms with Crippen molar-refractivity contribution >= 4 is 22.7 Å². The fraction of sp³-hybridized carbons (Fsp3) is 0.360. The maximum atomic E-state index is 11.6. The van der Waals surface area contributed by atoms with Gasteiger partial charge in [0.2, 0.25) is 0 Å². The predicted octanol–water partition coefficient (Wildman–Crippen LogP) is 4.69. The highest BCUT2D eigenvalue weighted by molar-refractivity contribution is 6.03. The van der Waals surface area contributed by atoms with Gasteiger partial charge in [-0.25, -0.2) is 9.78 Å². The van der Waals surface area contributed by atoms with Crippen LogP contribution in [0.4, 0.5) is 5.82 Å². The van der Waals surface area contributed by atoms with Crippen LogP contribution in [0.1, 0.15) is 35.2 Å². The van der Waals surface area contributed by atoms with E-state index in [9.17, 15) is 9.90 Å². The van der Waals surface area contributed by atoms with E-state index in [4.69, 9.17) is 0 Å². The van der Waals surface area contributed by atoms with Crippen molar-refractivity contribution in [2.24, 2.45) is 5.92 Å². The Morgan fingerprint density at radius 1 is 1.07 bits per heavy atom. The van der Waals surface area contributed by atoms with Gasteiger partial charge < -0.3 is 15.3 Å². The Hall–Kier alpha value is -2.92. The molecule has 0 aliphatic carbocycles. The minimum Gasteiger partial charge on any atom is -0.478 e. The van der Waals surface area contributed by atoms with Crippen molar-refractivity contribution in [2.45, 2.75) is 25.7 Å². The number of hydrogen-bond donors (Lipinski definition) is 2. The highest BCUT2D eigenvalue weighted by Gasteiger charge is 2.19. The molecule has 0 bridgehead atoms. The Labute approximate surface area is 177 Å². The molecule has 0 spiro atoms. The summed E-state index contributed by atoms with van der Waals surface area (Å²) in [7, 11) is 0. The lowest BCUT2D eigenvalue weighted by Crippen LogP contribution is -2.35. The number of carboxylic acids is 1. The maximum Gasteiger partial charge on any atom is 0.336 e. The number of likely N-dealkylation sites (tertiary alicyclic amines) is 1. The number of para-hydroxylation sites is 1. The molecule has 2 N–H and O–H groups in total. The van der Waals surface area contributed by atoms with Gasteiger partial charge in [0.1, 0.15) is 5.82 Å². The van der Waals surface area contributed by atoms with Gasteiger partial charge in [0.05, 0.1) is 11.1 Å². The number of fused-ring (bicyclic) bond motifs is 1. The molecule has 30 heavy (non-hydrogen) atoms. The Kier molecular flexibility index (Phi) is 6.60. The zero-order chi connectivity index (χ0) is 20.8. The number of nitrogens with one attached hydrogen (secondary N) is 1. The van der Waals surface area contributed by atoms with E-state index in [2.05, 4.69) is 45.5 Å². The van der Waals surface area contributed by atoms with Crippen LogP contribution in [0.15, 0.2) is 60.7 Å². The first-order valence-electron chi connectivity index (χ1n) is 10.8. The molecule has 156 valence electrons. The Morgan fingerprint density at radius 3 is 2.57 bits per heavy atom. The van der Waals surface area contributed by atoms with E-state index in [-0.39, 0.29) is 0 Å². The fourth-order valence-corrected chi connectivity index (χ4v) is 4.32. The van der Waals surface area contributed by atoms with Gasteiger partial charge in [-0.1, -0.05) is 48.5 Å². The van der Waals surface area contributed by atoms with Gasteiger partial charge in [0.15, 0.2) is 0 Å². The second-order valence-corrected chi connectivity index (χ2v) is 8.13. The second-order valence-electron chi connectivity index (χ2n) is 8.13. The number of anilines is 1. The summed E-state index contributed by atoms with van der Waals surface area (Å²) in [6, 6.07) is 19.8. The van der Waals surface area contributed by atoms with E-state index >= 15 is 0 Å². The number of aromatic carboxylic acids is 1. The van der Waals surface area contributed by atoms with Gasteiger partial charge in [0.25, 0.3) is 0 Å². The lowest BCUT2D eigenvalue weighted by molar-refractivity contribution is 0.0699.